The lowest BCUT2D eigenvalue weighted by Crippen LogP contribution is -2.57. The van der Waals surface area contributed by atoms with Crippen LogP contribution in [0.5, 0.6) is 0 Å². The zero-order valence-corrected chi connectivity index (χ0v) is 20.0. The molecule has 3 N–H and O–H groups in total. The highest BCUT2D eigenvalue weighted by Gasteiger charge is 2.42. The lowest BCUT2D eigenvalue weighted by atomic mass is 9.84. The Kier molecular flexibility index (Phi) is 7.70. The van der Waals surface area contributed by atoms with Crippen molar-refractivity contribution in [3.63, 3.8) is 0 Å². The number of unbranched alkanes of at least 4 members (excludes halogenated alkanes) is 1. The zero-order valence-electron chi connectivity index (χ0n) is 20.0. The van der Waals surface area contributed by atoms with Crippen LogP contribution in [0.1, 0.15) is 47.0 Å². The monoisotopic (exact) mass is 468 g/mol. The molecule has 0 aliphatic rings. The van der Waals surface area contributed by atoms with Crippen molar-refractivity contribution in [3.8, 4) is 0 Å². The van der Waals surface area contributed by atoms with Gasteiger partial charge in [0.15, 0.2) is 0 Å². The van der Waals surface area contributed by atoms with Crippen LogP contribution < -0.4 is 5.32 Å². The summed E-state index contributed by atoms with van der Waals surface area (Å²) in [7, 11) is 0. The second-order valence-corrected chi connectivity index (χ2v) is 9.40. The molecule has 2 amide bonds. The quantitative estimate of drug-likeness (QED) is 0.386. The lowest BCUT2D eigenvalue weighted by Gasteiger charge is -2.42. The van der Waals surface area contributed by atoms with Crippen LogP contribution in [-0.2, 0) is 16.1 Å². The number of benzene rings is 1. The molecule has 0 aliphatic carbocycles. The maximum Gasteiger partial charge on any atom is 0.408 e. The molecular formula is C24H32N6O4. The van der Waals surface area contributed by atoms with Gasteiger partial charge in [-0.2, -0.15) is 5.10 Å². The second-order valence-electron chi connectivity index (χ2n) is 9.40. The van der Waals surface area contributed by atoms with Crippen LogP contribution in [0.15, 0.2) is 42.9 Å². The van der Waals surface area contributed by atoms with Gasteiger partial charge in [-0.25, -0.2) is 9.78 Å². The van der Waals surface area contributed by atoms with Gasteiger partial charge in [-0.15, -0.1) is 0 Å². The molecule has 1 aromatic carbocycles. The first-order chi connectivity index (χ1) is 16.1. The van der Waals surface area contributed by atoms with Crippen LogP contribution >= 0.6 is 0 Å². The summed E-state index contributed by atoms with van der Waals surface area (Å²) in [6.45, 7) is 8.03. The summed E-state index contributed by atoms with van der Waals surface area (Å²) in [6.07, 6.45) is 3.48. The van der Waals surface area contributed by atoms with Gasteiger partial charge in [-0.3, -0.25) is 19.6 Å². The molecule has 0 aliphatic heterocycles. The number of Topliss-reactive ketones (excluding diaryl/α,β-unsaturated/α-hetero) is 1. The number of ketones is 1. The summed E-state index contributed by atoms with van der Waals surface area (Å²) in [5.74, 6) is -1.40. The van der Waals surface area contributed by atoms with Crippen molar-refractivity contribution in [1.29, 1.82) is 0 Å². The van der Waals surface area contributed by atoms with Crippen molar-refractivity contribution in [2.24, 2.45) is 5.41 Å². The summed E-state index contributed by atoms with van der Waals surface area (Å²) < 4.78 is 1.90. The fraction of sp³-hybridized carbons (Fsp3) is 0.458. The minimum atomic E-state index is -1.24. The van der Waals surface area contributed by atoms with E-state index >= 15 is 0 Å². The molecule has 182 valence electrons. The topological polar surface area (TPSA) is 133 Å². The van der Waals surface area contributed by atoms with Crippen molar-refractivity contribution in [2.45, 2.75) is 65.6 Å². The molecule has 2 aromatic heterocycles. The van der Waals surface area contributed by atoms with Gasteiger partial charge in [0.25, 0.3) is 5.91 Å². The highest BCUT2D eigenvalue weighted by molar-refractivity contribution is 6.42. The van der Waals surface area contributed by atoms with Crippen LogP contribution in [0, 0.1) is 5.41 Å². The number of amides is 2. The molecule has 0 fully saturated rings. The third-order valence-corrected chi connectivity index (χ3v) is 5.90. The Labute approximate surface area is 198 Å². The van der Waals surface area contributed by atoms with Crippen LogP contribution in [0.3, 0.4) is 0 Å². The largest absolute Gasteiger partial charge is 0.465 e. The normalized spacial score (nSPS) is 13.4. The van der Waals surface area contributed by atoms with Gasteiger partial charge in [0, 0.05) is 12.6 Å². The van der Waals surface area contributed by atoms with Gasteiger partial charge >= 0.3 is 6.09 Å². The number of carbonyl (C=O) groups excluding carboxylic acids is 2. The number of anilines is 1. The number of fused-ring (bicyclic) bond motifs is 1. The molecule has 0 saturated heterocycles. The number of hydrogen-bond acceptors (Lipinski definition) is 5. The lowest BCUT2D eigenvalue weighted by molar-refractivity contribution is -0.139. The number of hydrogen-bond donors (Lipinski definition) is 3. The number of aromatic nitrogens is 4. The molecule has 3 aromatic rings. The van der Waals surface area contributed by atoms with E-state index in [0.717, 1.165) is 17.5 Å². The summed E-state index contributed by atoms with van der Waals surface area (Å²) in [4.78, 5) is 44.3. The molecule has 2 atom stereocenters. The molecule has 0 bridgehead atoms. The summed E-state index contributed by atoms with van der Waals surface area (Å²) >= 11 is 0. The second kappa shape index (κ2) is 10.5. The fourth-order valence-electron chi connectivity index (χ4n) is 4.06. The number of carboxylic acid groups (broad SMARTS) is 1. The Balaban J connectivity index is 1.98. The minimum Gasteiger partial charge on any atom is -0.465 e. The number of H-pyrrole nitrogens is 1. The van der Waals surface area contributed by atoms with Crippen LogP contribution in [0.4, 0.5) is 10.6 Å². The van der Waals surface area contributed by atoms with Crippen LogP contribution in [0.25, 0.3) is 11.0 Å². The standard InChI is InChI=1S/C24H32N6O4/c1-5-6-10-18(21(31)22(32)27-20-12-13-26-28-20)30(23(33)34)19(24(2,3)4)14-29-15-25-16-9-7-8-11-17(16)29/h7-9,11-13,15,18-19H,5-6,10,14H2,1-4H3,(H,33,34)(H2,26,27,28,32)/t18-,19+/m0/s1. The number of aromatic amines is 1. The Morgan fingerprint density at radius 1 is 1.21 bits per heavy atom. The number of imidazole rings is 1. The van der Waals surface area contributed by atoms with Gasteiger partial charge in [-0.1, -0.05) is 52.7 Å². The van der Waals surface area contributed by atoms with Gasteiger partial charge < -0.3 is 15.0 Å². The number of para-hydroxylation sites is 2. The number of nitrogens with one attached hydrogen (secondary N) is 2. The maximum atomic E-state index is 13.3. The molecule has 34 heavy (non-hydrogen) atoms. The van der Waals surface area contributed by atoms with Crippen LogP contribution in [0.2, 0.25) is 0 Å². The van der Waals surface area contributed by atoms with Gasteiger partial charge in [0.1, 0.15) is 11.9 Å². The predicted molar refractivity (Wildman–Crippen MR) is 128 cm³/mol. The Morgan fingerprint density at radius 2 is 1.94 bits per heavy atom. The molecule has 0 radical (unpaired) electrons. The first kappa shape index (κ1) is 24.9. The smallest absolute Gasteiger partial charge is 0.408 e. The van der Waals surface area contributed by atoms with E-state index in [9.17, 15) is 19.5 Å². The number of rotatable bonds is 10. The average molecular weight is 469 g/mol. The third kappa shape index (κ3) is 5.62. The van der Waals surface area contributed by atoms with E-state index in [1.54, 1.807) is 6.33 Å². The van der Waals surface area contributed by atoms with Crippen molar-refractivity contribution < 1.29 is 19.5 Å². The summed E-state index contributed by atoms with van der Waals surface area (Å²) in [5.41, 5.74) is 1.14. The van der Waals surface area contributed by atoms with Gasteiger partial charge in [0.05, 0.1) is 29.6 Å². The fourth-order valence-corrected chi connectivity index (χ4v) is 4.06. The van der Waals surface area contributed by atoms with E-state index in [-0.39, 0.29) is 18.8 Å². The highest BCUT2D eigenvalue weighted by atomic mass is 16.4. The Bertz CT molecular complexity index is 1130. The molecule has 10 heteroatoms. The molecule has 2 heterocycles. The van der Waals surface area contributed by atoms with Crippen molar-refractivity contribution in [3.05, 3.63) is 42.9 Å². The molecule has 0 spiro atoms. The summed E-state index contributed by atoms with van der Waals surface area (Å²) in [6, 6.07) is 7.39. The van der Waals surface area contributed by atoms with Crippen molar-refractivity contribution in [2.75, 3.05) is 5.32 Å². The van der Waals surface area contributed by atoms with E-state index in [2.05, 4.69) is 20.5 Å². The van der Waals surface area contributed by atoms with Gasteiger partial charge in [-0.05, 0) is 24.0 Å². The SMILES string of the molecule is CCCC[C@@H](C(=O)C(=O)Nc1ccn[nH]1)N(C(=O)O)[C@H](Cn1cnc2ccccc21)C(C)(C)C. The average Bonchev–Trinajstić information content (AvgIpc) is 3.44. The minimum absolute atomic E-state index is 0.245. The maximum absolute atomic E-state index is 13.3. The first-order valence-electron chi connectivity index (χ1n) is 11.4. The van der Waals surface area contributed by atoms with E-state index in [1.807, 2.05) is 56.5 Å². The van der Waals surface area contributed by atoms with Crippen molar-refractivity contribution >= 4 is 34.6 Å². The van der Waals surface area contributed by atoms with E-state index in [0.29, 0.717) is 6.42 Å². The Hall–Kier alpha value is -3.69. The van der Waals surface area contributed by atoms with Crippen LogP contribution in [-0.4, -0.2) is 59.6 Å². The molecule has 3 rings (SSSR count). The third-order valence-electron chi connectivity index (χ3n) is 5.90. The zero-order chi connectivity index (χ0) is 24.9. The van der Waals surface area contributed by atoms with Gasteiger partial charge in [0.2, 0.25) is 5.78 Å². The molecule has 0 saturated carbocycles. The summed E-state index contributed by atoms with van der Waals surface area (Å²) in [5, 5.41) is 19.1. The Morgan fingerprint density at radius 3 is 2.56 bits per heavy atom. The number of nitrogens with zero attached hydrogens (tertiary/aromatic N) is 4. The molecule has 0 unspecified atom stereocenters. The molecular weight excluding hydrogens is 436 g/mol. The highest BCUT2D eigenvalue weighted by Crippen LogP contribution is 2.30. The predicted octanol–water partition coefficient (Wildman–Crippen LogP) is 3.92. The van der Waals surface area contributed by atoms with Crippen molar-refractivity contribution in [1.82, 2.24) is 24.6 Å². The first-order valence-corrected chi connectivity index (χ1v) is 11.4. The van der Waals surface area contributed by atoms with E-state index < -0.39 is 35.3 Å². The van der Waals surface area contributed by atoms with E-state index in [1.165, 1.54) is 17.2 Å². The van der Waals surface area contributed by atoms with E-state index in [4.69, 9.17) is 0 Å². The number of carbonyl (C=O) groups is 3. The molecule has 10 nitrogen and oxygen atoms in total.